The third kappa shape index (κ3) is 2.12. The number of aromatic nitrogens is 1. The molecular weight excluding hydrogens is 242 g/mol. The van der Waals surface area contributed by atoms with Gasteiger partial charge in [0.2, 0.25) is 0 Å². The van der Waals surface area contributed by atoms with E-state index in [4.69, 9.17) is 16.2 Å². The van der Waals surface area contributed by atoms with Crippen molar-refractivity contribution >= 4 is 44.2 Å². The zero-order chi connectivity index (χ0) is 10.1. The van der Waals surface area contributed by atoms with Gasteiger partial charge in [-0.1, -0.05) is 11.6 Å². The van der Waals surface area contributed by atoms with Crippen molar-refractivity contribution < 1.29 is 8.76 Å². The molecule has 0 aliphatic rings. The van der Waals surface area contributed by atoms with Crippen LogP contribution < -0.4 is 0 Å². The van der Waals surface area contributed by atoms with Crippen LogP contribution in [0.3, 0.4) is 0 Å². The van der Waals surface area contributed by atoms with E-state index in [1.54, 1.807) is 12.1 Å². The normalized spacial score (nSPS) is 13.3. The largest absolute Gasteiger partial charge is 0.306 e. The van der Waals surface area contributed by atoms with E-state index in [1.807, 2.05) is 6.07 Å². The summed E-state index contributed by atoms with van der Waals surface area (Å²) in [7, 11) is 0. The molecule has 0 spiro atoms. The van der Waals surface area contributed by atoms with Crippen LogP contribution in [0.2, 0.25) is 5.02 Å². The molecule has 74 valence electrons. The van der Waals surface area contributed by atoms with Crippen molar-refractivity contribution in [3.05, 3.63) is 28.2 Å². The van der Waals surface area contributed by atoms with Gasteiger partial charge in [-0.25, -0.2) is 9.19 Å². The maximum absolute atomic E-state index is 10.6. The quantitative estimate of drug-likeness (QED) is 0.830. The Morgan fingerprint density at radius 1 is 1.57 bits per heavy atom. The van der Waals surface area contributed by atoms with Crippen LogP contribution in [0.4, 0.5) is 0 Å². The Labute approximate surface area is 92.0 Å². The highest BCUT2D eigenvalue weighted by Crippen LogP contribution is 2.25. The molecule has 3 nitrogen and oxygen atoms in total. The summed E-state index contributed by atoms with van der Waals surface area (Å²) in [6.45, 7) is 0. The van der Waals surface area contributed by atoms with Crippen molar-refractivity contribution in [3.8, 4) is 0 Å². The Balaban J connectivity index is 2.46. The lowest BCUT2D eigenvalue weighted by atomic mass is 10.3. The Kier molecular flexibility index (Phi) is 2.83. The molecule has 1 heterocycles. The summed E-state index contributed by atoms with van der Waals surface area (Å²) in [5.41, 5.74) is 0.781. The van der Waals surface area contributed by atoms with Crippen LogP contribution in [0.15, 0.2) is 18.2 Å². The fraction of sp³-hybridized carbons (Fsp3) is 0.125. The van der Waals surface area contributed by atoms with Gasteiger partial charge in [0, 0.05) is 5.02 Å². The first-order valence-electron chi connectivity index (χ1n) is 3.77. The Morgan fingerprint density at radius 2 is 2.36 bits per heavy atom. The van der Waals surface area contributed by atoms with Gasteiger partial charge in [0.15, 0.2) is 11.1 Å². The number of thiazole rings is 1. The van der Waals surface area contributed by atoms with Crippen molar-refractivity contribution in [1.82, 2.24) is 4.98 Å². The van der Waals surface area contributed by atoms with E-state index in [-0.39, 0.29) is 5.75 Å². The van der Waals surface area contributed by atoms with Gasteiger partial charge in [-0.3, -0.25) is 0 Å². The van der Waals surface area contributed by atoms with Gasteiger partial charge < -0.3 is 4.55 Å². The van der Waals surface area contributed by atoms with Crippen LogP contribution in [-0.4, -0.2) is 13.7 Å². The molecule has 0 fully saturated rings. The molecule has 0 amide bonds. The second-order valence-electron chi connectivity index (χ2n) is 2.69. The van der Waals surface area contributed by atoms with Crippen molar-refractivity contribution in [2.45, 2.75) is 5.75 Å². The lowest BCUT2D eigenvalue weighted by Crippen LogP contribution is -1.90. The molecule has 1 atom stereocenters. The molecule has 0 aliphatic carbocycles. The van der Waals surface area contributed by atoms with Gasteiger partial charge in [-0.05, 0) is 18.2 Å². The Hall–Kier alpha value is -0.490. The summed E-state index contributed by atoms with van der Waals surface area (Å²) >= 11 is 5.37. The Morgan fingerprint density at radius 3 is 3.07 bits per heavy atom. The number of rotatable bonds is 2. The Bertz CT molecular complexity index is 497. The van der Waals surface area contributed by atoms with Crippen molar-refractivity contribution in [1.29, 1.82) is 0 Å². The maximum atomic E-state index is 10.6. The summed E-state index contributed by atoms with van der Waals surface area (Å²) in [6, 6.07) is 5.39. The second-order valence-corrected chi connectivity index (χ2v) is 5.17. The van der Waals surface area contributed by atoms with Gasteiger partial charge in [-0.2, -0.15) is 0 Å². The van der Waals surface area contributed by atoms with E-state index < -0.39 is 11.1 Å². The highest BCUT2D eigenvalue weighted by Gasteiger charge is 2.06. The monoisotopic (exact) mass is 247 g/mol. The minimum atomic E-state index is -1.83. The van der Waals surface area contributed by atoms with Crippen LogP contribution >= 0.6 is 22.9 Å². The number of hydrogen-bond acceptors (Lipinski definition) is 3. The molecule has 0 saturated carbocycles. The van der Waals surface area contributed by atoms with E-state index in [0.717, 1.165) is 10.2 Å². The number of halogens is 1. The van der Waals surface area contributed by atoms with Crippen LogP contribution in [0.1, 0.15) is 5.01 Å². The second kappa shape index (κ2) is 3.94. The van der Waals surface area contributed by atoms with Gasteiger partial charge >= 0.3 is 0 Å². The molecule has 1 aromatic carbocycles. The lowest BCUT2D eigenvalue weighted by molar-refractivity contribution is 0.563. The molecule has 6 heteroatoms. The number of fused-ring (bicyclic) bond motifs is 1. The molecule has 1 aromatic heterocycles. The van der Waals surface area contributed by atoms with E-state index >= 15 is 0 Å². The molecule has 14 heavy (non-hydrogen) atoms. The molecule has 0 radical (unpaired) electrons. The third-order valence-corrected chi connectivity index (χ3v) is 3.62. The van der Waals surface area contributed by atoms with E-state index in [1.165, 1.54) is 11.3 Å². The smallest absolute Gasteiger partial charge is 0.159 e. The molecule has 0 saturated heterocycles. The molecule has 0 bridgehead atoms. The number of hydrogen-bond donors (Lipinski definition) is 1. The predicted molar refractivity (Wildman–Crippen MR) is 59.1 cm³/mol. The third-order valence-electron chi connectivity index (χ3n) is 1.64. The van der Waals surface area contributed by atoms with Crippen LogP contribution in [-0.2, 0) is 16.8 Å². The molecule has 2 aromatic rings. The first kappa shape index (κ1) is 10.0. The zero-order valence-electron chi connectivity index (χ0n) is 6.94. The average molecular weight is 248 g/mol. The molecule has 0 aliphatic heterocycles. The highest BCUT2D eigenvalue weighted by atomic mass is 35.5. The predicted octanol–water partition coefficient (Wildman–Crippen LogP) is 2.67. The SMILES string of the molecule is O=S(O)Cc1nc2cc(Cl)ccc2s1. The van der Waals surface area contributed by atoms with Crippen LogP contribution in [0, 0.1) is 0 Å². The maximum Gasteiger partial charge on any atom is 0.159 e. The van der Waals surface area contributed by atoms with Crippen LogP contribution in [0.5, 0.6) is 0 Å². The van der Waals surface area contributed by atoms with E-state index in [9.17, 15) is 4.21 Å². The summed E-state index contributed by atoms with van der Waals surface area (Å²) in [5, 5.41) is 1.28. The van der Waals surface area contributed by atoms with Crippen molar-refractivity contribution in [2.75, 3.05) is 0 Å². The highest BCUT2D eigenvalue weighted by molar-refractivity contribution is 7.78. The average Bonchev–Trinajstić information content (AvgIpc) is 2.44. The van der Waals surface area contributed by atoms with Crippen LogP contribution in [0.25, 0.3) is 10.2 Å². The van der Waals surface area contributed by atoms with Gasteiger partial charge in [0.25, 0.3) is 0 Å². The number of benzene rings is 1. The first-order chi connectivity index (χ1) is 6.65. The van der Waals surface area contributed by atoms with Crippen molar-refractivity contribution in [3.63, 3.8) is 0 Å². The number of nitrogens with zero attached hydrogens (tertiary/aromatic N) is 1. The standard InChI is InChI=1S/C8H6ClNO2S2/c9-5-1-2-7-6(3-5)10-8(13-7)4-14(11)12/h1-3H,4H2,(H,11,12). The minimum Gasteiger partial charge on any atom is -0.306 e. The minimum absolute atomic E-state index is 0.0803. The van der Waals surface area contributed by atoms with E-state index in [0.29, 0.717) is 10.0 Å². The summed E-state index contributed by atoms with van der Waals surface area (Å²) in [5.74, 6) is 0.0803. The van der Waals surface area contributed by atoms with Crippen molar-refractivity contribution in [2.24, 2.45) is 0 Å². The lowest BCUT2D eigenvalue weighted by Gasteiger charge is -1.87. The summed E-state index contributed by atoms with van der Waals surface area (Å²) in [4.78, 5) is 4.19. The fourth-order valence-electron chi connectivity index (χ4n) is 1.12. The molecule has 1 N–H and O–H groups in total. The van der Waals surface area contributed by atoms with Gasteiger partial charge in [-0.15, -0.1) is 11.3 Å². The molecule has 2 rings (SSSR count). The summed E-state index contributed by atoms with van der Waals surface area (Å²) in [6.07, 6.45) is 0. The molecular formula is C8H6ClNO2S2. The van der Waals surface area contributed by atoms with Gasteiger partial charge in [0.1, 0.15) is 10.8 Å². The van der Waals surface area contributed by atoms with Gasteiger partial charge in [0.05, 0.1) is 10.2 Å². The van der Waals surface area contributed by atoms with E-state index in [2.05, 4.69) is 4.98 Å². The fourth-order valence-corrected chi connectivity index (χ4v) is 2.84. The zero-order valence-corrected chi connectivity index (χ0v) is 9.33. The first-order valence-corrected chi connectivity index (χ1v) is 6.24. The summed E-state index contributed by atoms with van der Waals surface area (Å²) < 4.78 is 20.2. The topological polar surface area (TPSA) is 50.2 Å². The molecule has 1 unspecified atom stereocenters.